The molecule has 1 heterocycles. The average Bonchev–Trinajstić information content (AvgIpc) is 3.15. The molecule has 1 amide bonds. The molecule has 0 bridgehead atoms. The number of halogens is 2. The molecule has 0 radical (unpaired) electrons. The van der Waals surface area contributed by atoms with Gasteiger partial charge in [0.25, 0.3) is 5.91 Å². The van der Waals surface area contributed by atoms with Crippen LogP contribution in [0.4, 0.5) is 10.2 Å². The largest absolute Gasteiger partial charge is 0.452 e. The van der Waals surface area contributed by atoms with Gasteiger partial charge in [-0.2, -0.15) is 0 Å². The summed E-state index contributed by atoms with van der Waals surface area (Å²) in [6.45, 7) is 1.48. The second-order valence-electron chi connectivity index (χ2n) is 6.67. The molecule has 1 aromatic heterocycles. The van der Waals surface area contributed by atoms with Crippen molar-refractivity contribution in [3.63, 3.8) is 0 Å². The first kappa shape index (κ1) is 19.3. The Bertz CT molecular complexity index is 835. The number of amides is 1. The zero-order valence-corrected chi connectivity index (χ0v) is 15.6. The Morgan fingerprint density at radius 1 is 1.22 bits per heavy atom. The molecular formula is C20H20ClFN2O3. The maximum atomic E-state index is 14.4. The van der Waals surface area contributed by atoms with Gasteiger partial charge in [-0.05, 0) is 38.0 Å². The molecule has 5 nitrogen and oxygen atoms in total. The number of carbonyl (C=O) groups is 2. The van der Waals surface area contributed by atoms with E-state index in [2.05, 4.69) is 10.3 Å². The molecule has 0 spiro atoms. The van der Waals surface area contributed by atoms with Gasteiger partial charge in [0.15, 0.2) is 6.10 Å². The van der Waals surface area contributed by atoms with E-state index >= 15 is 0 Å². The lowest BCUT2D eigenvalue weighted by Crippen LogP contribution is -2.40. The SMILES string of the molecule is C[C@H](OC(=O)C1(c2ccccc2F)CCCC1)C(=O)Nc1ccc(Cl)cn1. The van der Waals surface area contributed by atoms with Crippen molar-refractivity contribution < 1.29 is 18.7 Å². The van der Waals surface area contributed by atoms with Crippen molar-refractivity contribution in [3.8, 4) is 0 Å². The molecule has 1 N–H and O–H groups in total. The molecule has 1 aromatic carbocycles. The molecule has 1 saturated carbocycles. The lowest BCUT2D eigenvalue weighted by atomic mass is 9.78. The van der Waals surface area contributed by atoms with Gasteiger partial charge in [-0.15, -0.1) is 0 Å². The van der Waals surface area contributed by atoms with Crippen molar-refractivity contribution >= 4 is 29.3 Å². The maximum Gasteiger partial charge on any atom is 0.317 e. The van der Waals surface area contributed by atoms with Gasteiger partial charge in [0.05, 0.1) is 10.4 Å². The van der Waals surface area contributed by atoms with Crippen molar-refractivity contribution in [2.24, 2.45) is 0 Å². The van der Waals surface area contributed by atoms with Gasteiger partial charge < -0.3 is 10.1 Å². The summed E-state index contributed by atoms with van der Waals surface area (Å²) >= 11 is 5.76. The Morgan fingerprint density at radius 2 is 1.93 bits per heavy atom. The highest BCUT2D eigenvalue weighted by atomic mass is 35.5. The number of anilines is 1. The number of esters is 1. The van der Waals surface area contributed by atoms with Gasteiger partial charge >= 0.3 is 5.97 Å². The minimum Gasteiger partial charge on any atom is -0.452 e. The Balaban J connectivity index is 1.73. The van der Waals surface area contributed by atoms with Gasteiger partial charge in [-0.3, -0.25) is 9.59 Å². The van der Waals surface area contributed by atoms with Crippen LogP contribution in [0.15, 0.2) is 42.6 Å². The quantitative estimate of drug-likeness (QED) is 0.774. The van der Waals surface area contributed by atoms with Crippen LogP contribution in [0.25, 0.3) is 0 Å². The number of pyridine rings is 1. The van der Waals surface area contributed by atoms with E-state index in [1.54, 1.807) is 30.3 Å². The Labute approximate surface area is 161 Å². The molecule has 1 aliphatic rings. The van der Waals surface area contributed by atoms with Crippen LogP contribution in [-0.2, 0) is 19.7 Å². The Kier molecular flexibility index (Phi) is 5.75. The number of hydrogen-bond donors (Lipinski definition) is 1. The minimum absolute atomic E-state index is 0.303. The van der Waals surface area contributed by atoms with Crippen LogP contribution < -0.4 is 5.32 Å². The zero-order valence-electron chi connectivity index (χ0n) is 14.9. The van der Waals surface area contributed by atoms with E-state index in [9.17, 15) is 14.0 Å². The number of aromatic nitrogens is 1. The lowest BCUT2D eigenvalue weighted by molar-refractivity contribution is -0.159. The molecule has 1 aliphatic carbocycles. The number of carbonyl (C=O) groups excluding carboxylic acids is 2. The minimum atomic E-state index is -1.04. The molecule has 27 heavy (non-hydrogen) atoms. The number of nitrogens with zero attached hydrogens (tertiary/aromatic N) is 1. The highest BCUT2D eigenvalue weighted by Crippen LogP contribution is 2.43. The van der Waals surface area contributed by atoms with Gasteiger partial charge in [0.2, 0.25) is 0 Å². The van der Waals surface area contributed by atoms with Crippen molar-refractivity contribution in [3.05, 3.63) is 59.0 Å². The summed E-state index contributed by atoms with van der Waals surface area (Å²) in [5.74, 6) is -1.22. The molecule has 0 unspecified atom stereocenters. The Hall–Kier alpha value is -2.47. The van der Waals surface area contributed by atoms with E-state index in [1.165, 1.54) is 19.2 Å². The molecule has 1 atom stereocenters. The summed E-state index contributed by atoms with van der Waals surface area (Å²) in [5, 5.41) is 3.01. The fraction of sp³-hybridized carbons (Fsp3) is 0.350. The molecular weight excluding hydrogens is 371 g/mol. The van der Waals surface area contributed by atoms with E-state index in [-0.39, 0.29) is 0 Å². The third-order valence-corrected chi connectivity index (χ3v) is 5.09. The van der Waals surface area contributed by atoms with E-state index in [0.717, 1.165) is 12.8 Å². The van der Waals surface area contributed by atoms with E-state index in [4.69, 9.17) is 16.3 Å². The summed E-state index contributed by atoms with van der Waals surface area (Å²) in [4.78, 5) is 29.2. The number of rotatable bonds is 5. The highest BCUT2D eigenvalue weighted by Gasteiger charge is 2.46. The first-order chi connectivity index (χ1) is 12.9. The van der Waals surface area contributed by atoms with Gasteiger partial charge in [0.1, 0.15) is 11.6 Å². The predicted molar refractivity (Wildman–Crippen MR) is 100.0 cm³/mol. The smallest absolute Gasteiger partial charge is 0.317 e. The molecule has 3 rings (SSSR count). The molecule has 0 saturated heterocycles. The summed E-state index contributed by atoms with van der Waals surface area (Å²) in [7, 11) is 0. The monoisotopic (exact) mass is 390 g/mol. The van der Waals surface area contributed by atoms with Crippen molar-refractivity contribution in [2.45, 2.75) is 44.1 Å². The first-order valence-electron chi connectivity index (χ1n) is 8.81. The van der Waals surface area contributed by atoms with Gasteiger partial charge in [0, 0.05) is 11.8 Å². The zero-order chi connectivity index (χ0) is 19.4. The van der Waals surface area contributed by atoms with Crippen LogP contribution in [0.1, 0.15) is 38.2 Å². The van der Waals surface area contributed by atoms with E-state index < -0.39 is 29.2 Å². The predicted octanol–water partition coefficient (Wildman–Crippen LogP) is 4.26. The van der Waals surface area contributed by atoms with Crippen LogP contribution in [0, 0.1) is 5.82 Å². The number of benzene rings is 1. The van der Waals surface area contributed by atoms with Crippen LogP contribution >= 0.6 is 11.6 Å². The Morgan fingerprint density at radius 3 is 2.56 bits per heavy atom. The standard InChI is InChI=1S/C20H20ClFN2O3/c1-13(18(25)24-17-9-8-14(21)12-23-17)27-19(26)20(10-4-5-11-20)15-6-2-3-7-16(15)22/h2-3,6-9,12-13H,4-5,10-11H2,1H3,(H,23,24,25)/t13-/m0/s1. The fourth-order valence-corrected chi connectivity index (χ4v) is 3.53. The summed E-state index contributed by atoms with van der Waals surface area (Å²) < 4.78 is 19.8. The maximum absolute atomic E-state index is 14.4. The van der Waals surface area contributed by atoms with Crippen LogP contribution in [0.5, 0.6) is 0 Å². The molecule has 1 fully saturated rings. The fourth-order valence-electron chi connectivity index (χ4n) is 3.42. The number of ether oxygens (including phenoxy) is 1. The van der Waals surface area contributed by atoms with Crippen molar-refractivity contribution in [1.82, 2.24) is 4.98 Å². The summed E-state index contributed by atoms with van der Waals surface area (Å²) in [5.41, 5.74) is -0.710. The number of nitrogens with one attached hydrogen (secondary N) is 1. The van der Waals surface area contributed by atoms with Gasteiger partial charge in [-0.25, -0.2) is 9.37 Å². The number of hydrogen-bond acceptors (Lipinski definition) is 4. The topological polar surface area (TPSA) is 68.3 Å². The highest BCUT2D eigenvalue weighted by molar-refractivity contribution is 6.30. The second kappa shape index (κ2) is 8.05. The van der Waals surface area contributed by atoms with Crippen molar-refractivity contribution in [2.75, 3.05) is 5.32 Å². The van der Waals surface area contributed by atoms with E-state index in [0.29, 0.717) is 29.2 Å². The van der Waals surface area contributed by atoms with Crippen LogP contribution in [0.2, 0.25) is 5.02 Å². The molecule has 142 valence electrons. The van der Waals surface area contributed by atoms with Crippen molar-refractivity contribution in [1.29, 1.82) is 0 Å². The second-order valence-corrected chi connectivity index (χ2v) is 7.10. The summed E-state index contributed by atoms with van der Waals surface area (Å²) in [6, 6.07) is 9.38. The lowest BCUT2D eigenvalue weighted by Gasteiger charge is -2.29. The van der Waals surface area contributed by atoms with Crippen LogP contribution in [0.3, 0.4) is 0 Å². The third-order valence-electron chi connectivity index (χ3n) is 4.87. The molecule has 7 heteroatoms. The molecule has 0 aliphatic heterocycles. The van der Waals surface area contributed by atoms with E-state index in [1.807, 2.05) is 0 Å². The van der Waals surface area contributed by atoms with Gasteiger partial charge in [-0.1, -0.05) is 42.6 Å². The first-order valence-corrected chi connectivity index (χ1v) is 9.19. The normalized spacial score (nSPS) is 16.6. The summed E-state index contributed by atoms with van der Waals surface area (Å²) in [6.07, 6.45) is 2.97. The third kappa shape index (κ3) is 4.11. The van der Waals surface area contributed by atoms with Crippen LogP contribution in [-0.4, -0.2) is 23.0 Å². The molecule has 2 aromatic rings. The average molecular weight is 391 g/mol.